The van der Waals surface area contributed by atoms with Crippen LogP contribution in [0.3, 0.4) is 0 Å². The van der Waals surface area contributed by atoms with E-state index in [1.807, 2.05) is 0 Å². The lowest BCUT2D eigenvalue weighted by molar-refractivity contribution is -0.192. The number of ether oxygens (including phenoxy) is 1. The molecule has 0 saturated carbocycles. The van der Waals surface area contributed by atoms with Crippen LogP contribution in [0, 0.1) is 17.2 Å². The van der Waals surface area contributed by atoms with Crippen molar-refractivity contribution in [2.24, 2.45) is 11.7 Å². The molecule has 0 aliphatic rings. The highest BCUT2D eigenvalue weighted by atomic mass is 19.4. The number of halogens is 3. The molecular formula is C17H22F3N3O2. The van der Waals surface area contributed by atoms with Crippen molar-refractivity contribution >= 4 is 5.91 Å². The molecule has 0 bridgehead atoms. The Kier molecular flexibility index (Phi) is 7.24. The molecule has 1 aromatic carbocycles. The summed E-state index contributed by atoms with van der Waals surface area (Å²) in [6.07, 6.45) is -4.56. The molecule has 1 amide bonds. The topological polar surface area (TPSA) is 79.3 Å². The Hall–Kier alpha value is -2.27. The van der Waals surface area contributed by atoms with Crippen LogP contribution >= 0.6 is 0 Å². The van der Waals surface area contributed by atoms with Crippen molar-refractivity contribution < 1.29 is 22.7 Å². The average molecular weight is 357 g/mol. The third-order valence-corrected chi connectivity index (χ3v) is 3.75. The van der Waals surface area contributed by atoms with E-state index in [1.165, 1.54) is 31.4 Å². The van der Waals surface area contributed by atoms with Crippen LogP contribution in [0.1, 0.15) is 31.9 Å². The second kappa shape index (κ2) is 8.72. The first kappa shape index (κ1) is 20.8. The van der Waals surface area contributed by atoms with E-state index in [1.54, 1.807) is 19.9 Å². The number of nitrogens with two attached hydrogens (primary N) is 1. The lowest BCUT2D eigenvalue weighted by atomic mass is 9.97. The summed E-state index contributed by atoms with van der Waals surface area (Å²) in [4.78, 5) is 12.6. The van der Waals surface area contributed by atoms with Crippen LogP contribution in [0.4, 0.5) is 13.2 Å². The van der Waals surface area contributed by atoms with Crippen LogP contribution < -0.4 is 10.5 Å². The quantitative estimate of drug-likeness (QED) is 0.725. The van der Waals surface area contributed by atoms with Crippen LogP contribution in [-0.4, -0.2) is 36.7 Å². The molecule has 0 aliphatic carbocycles. The number of hydrogen-bond donors (Lipinski definition) is 1. The van der Waals surface area contributed by atoms with E-state index in [2.05, 4.69) is 0 Å². The summed E-state index contributed by atoms with van der Waals surface area (Å²) in [5.74, 6) is -0.541. The smallest absolute Gasteiger partial charge is 0.408 e. The van der Waals surface area contributed by atoms with Gasteiger partial charge in [0.25, 0.3) is 0 Å². The normalized spacial score (nSPS) is 14.2. The summed E-state index contributed by atoms with van der Waals surface area (Å²) in [7, 11) is 1.41. The Balaban J connectivity index is 3.39. The van der Waals surface area contributed by atoms with Crippen LogP contribution in [-0.2, 0) is 4.79 Å². The SMILES string of the molecule is COc1ccc([C@H](N(CC#N)[C@@H](CC(C)C)C(N)=O)C(F)(F)F)cc1. The summed E-state index contributed by atoms with van der Waals surface area (Å²) >= 11 is 0. The van der Waals surface area contributed by atoms with Crippen molar-refractivity contribution in [1.82, 2.24) is 4.90 Å². The molecule has 0 heterocycles. The third kappa shape index (κ3) is 5.64. The fourth-order valence-electron chi connectivity index (χ4n) is 2.68. The van der Waals surface area contributed by atoms with Gasteiger partial charge in [-0.3, -0.25) is 9.69 Å². The molecule has 25 heavy (non-hydrogen) atoms. The van der Waals surface area contributed by atoms with E-state index in [0.29, 0.717) is 5.75 Å². The molecule has 8 heteroatoms. The predicted octanol–water partition coefficient (Wildman–Crippen LogP) is 3.02. The van der Waals surface area contributed by atoms with Crippen molar-refractivity contribution in [3.05, 3.63) is 29.8 Å². The molecule has 0 aliphatic heterocycles. The maximum atomic E-state index is 13.8. The average Bonchev–Trinajstić information content (AvgIpc) is 2.51. The van der Waals surface area contributed by atoms with Crippen molar-refractivity contribution in [2.45, 2.75) is 38.5 Å². The van der Waals surface area contributed by atoms with Gasteiger partial charge in [-0.05, 0) is 30.0 Å². The first-order chi connectivity index (χ1) is 11.6. The van der Waals surface area contributed by atoms with Gasteiger partial charge in [-0.15, -0.1) is 0 Å². The molecule has 2 atom stereocenters. The van der Waals surface area contributed by atoms with Crippen LogP contribution in [0.5, 0.6) is 5.75 Å². The number of methoxy groups -OCH3 is 1. The maximum absolute atomic E-state index is 13.8. The van der Waals surface area contributed by atoms with Gasteiger partial charge in [0.1, 0.15) is 11.8 Å². The molecule has 1 aromatic rings. The Morgan fingerprint density at radius 1 is 1.32 bits per heavy atom. The highest BCUT2D eigenvalue weighted by Gasteiger charge is 2.47. The minimum atomic E-state index is -4.68. The number of alkyl halides is 3. The van der Waals surface area contributed by atoms with E-state index in [4.69, 9.17) is 15.7 Å². The Labute approximate surface area is 145 Å². The monoisotopic (exact) mass is 357 g/mol. The predicted molar refractivity (Wildman–Crippen MR) is 86.5 cm³/mol. The number of nitriles is 1. The second-order valence-electron chi connectivity index (χ2n) is 6.10. The highest BCUT2D eigenvalue weighted by Crippen LogP contribution is 2.40. The van der Waals surface area contributed by atoms with E-state index in [0.717, 1.165) is 4.90 Å². The first-order valence-corrected chi connectivity index (χ1v) is 7.74. The van der Waals surface area contributed by atoms with Crippen LogP contribution in [0.2, 0.25) is 0 Å². The maximum Gasteiger partial charge on any atom is 0.408 e. The van der Waals surface area contributed by atoms with Gasteiger partial charge >= 0.3 is 6.18 Å². The molecule has 0 aromatic heterocycles. The lowest BCUT2D eigenvalue weighted by Gasteiger charge is -2.36. The zero-order valence-electron chi connectivity index (χ0n) is 14.4. The van der Waals surface area contributed by atoms with Crippen molar-refractivity contribution in [3.63, 3.8) is 0 Å². The zero-order chi connectivity index (χ0) is 19.2. The van der Waals surface area contributed by atoms with E-state index >= 15 is 0 Å². The van der Waals surface area contributed by atoms with E-state index in [-0.39, 0.29) is 17.9 Å². The molecule has 0 saturated heterocycles. The lowest BCUT2D eigenvalue weighted by Crippen LogP contribution is -2.51. The second-order valence-corrected chi connectivity index (χ2v) is 6.10. The number of amides is 1. The fraction of sp³-hybridized carbons (Fsp3) is 0.529. The number of hydrogen-bond acceptors (Lipinski definition) is 4. The fourth-order valence-corrected chi connectivity index (χ4v) is 2.68. The van der Waals surface area contributed by atoms with E-state index < -0.39 is 30.7 Å². The Morgan fingerprint density at radius 2 is 1.88 bits per heavy atom. The minimum absolute atomic E-state index is 0.0663. The zero-order valence-corrected chi connectivity index (χ0v) is 14.4. The summed E-state index contributed by atoms with van der Waals surface area (Å²) in [5.41, 5.74) is 5.26. The van der Waals surface area contributed by atoms with Gasteiger partial charge in [0.15, 0.2) is 0 Å². The van der Waals surface area contributed by atoms with Gasteiger partial charge in [-0.25, -0.2) is 0 Å². The summed E-state index contributed by atoms with van der Waals surface area (Å²) < 4.78 is 46.3. The highest BCUT2D eigenvalue weighted by molar-refractivity contribution is 5.80. The molecule has 0 fully saturated rings. The van der Waals surface area contributed by atoms with E-state index in [9.17, 15) is 18.0 Å². The Morgan fingerprint density at radius 3 is 2.24 bits per heavy atom. The van der Waals surface area contributed by atoms with Gasteiger partial charge < -0.3 is 10.5 Å². The van der Waals surface area contributed by atoms with Gasteiger partial charge in [-0.1, -0.05) is 26.0 Å². The van der Waals surface area contributed by atoms with Crippen LogP contribution in [0.15, 0.2) is 24.3 Å². The summed E-state index contributed by atoms with van der Waals surface area (Å²) in [6, 6.07) is 3.75. The molecule has 0 radical (unpaired) electrons. The van der Waals surface area contributed by atoms with Crippen LogP contribution in [0.25, 0.3) is 0 Å². The Bertz CT molecular complexity index is 609. The first-order valence-electron chi connectivity index (χ1n) is 7.74. The van der Waals surface area contributed by atoms with Crippen molar-refractivity contribution in [2.75, 3.05) is 13.7 Å². The van der Waals surface area contributed by atoms with Crippen molar-refractivity contribution in [3.8, 4) is 11.8 Å². The molecule has 0 spiro atoms. The van der Waals surface area contributed by atoms with Gasteiger partial charge in [0.05, 0.1) is 25.8 Å². The molecular weight excluding hydrogens is 335 g/mol. The minimum Gasteiger partial charge on any atom is -0.497 e. The molecule has 2 N–H and O–H groups in total. The number of carbonyl (C=O) groups excluding carboxylic acids is 1. The van der Waals surface area contributed by atoms with Gasteiger partial charge in [-0.2, -0.15) is 18.4 Å². The summed E-state index contributed by atoms with van der Waals surface area (Å²) in [6.45, 7) is 2.98. The number of carbonyl (C=O) groups is 1. The molecule has 0 unspecified atom stereocenters. The van der Waals surface area contributed by atoms with Gasteiger partial charge in [0, 0.05) is 0 Å². The summed E-state index contributed by atoms with van der Waals surface area (Å²) in [5, 5.41) is 9.01. The molecule has 5 nitrogen and oxygen atoms in total. The molecule has 1 rings (SSSR count). The standard InChI is InChI=1S/C17H22F3N3O2/c1-11(2)10-14(16(22)24)23(9-8-21)15(17(18,19)20)12-4-6-13(25-3)7-5-12/h4-7,11,14-15H,9-10H2,1-3H3,(H2,22,24)/t14-,15-/m0/s1. The number of rotatable bonds is 8. The molecule has 138 valence electrons. The largest absolute Gasteiger partial charge is 0.497 e. The number of nitrogens with zero attached hydrogens (tertiary/aromatic N) is 2. The number of benzene rings is 1. The van der Waals surface area contributed by atoms with Crippen molar-refractivity contribution in [1.29, 1.82) is 5.26 Å². The third-order valence-electron chi connectivity index (χ3n) is 3.75. The number of primary amides is 1. The van der Waals surface area contributed by atoms with Gasteiger partial charge in [0.2, 0.25) is 5.91 Å².